The Morgan fingerprint density at radius 2 is 1.06 bits per heavy atom. The summed E-state index contributed by atoms with van der Waals surface area (Å²) in [5, 5.41) is 27.3. The second-order valence-corrected chi connectivity index (χ2v) is 9.12. The fourth-order valence-corrected chi connectivity index (χ4v) is 3.56. The minimum Gasteiger partial charge on any atom is -0.481 e. The van der Waals surface area contributed by atoms with Crippen molar-refractivity contribution in [1.29, 1.82) is 10.5 Å². The van der Waals surface area contributed by atoms with Crippen LogP contribution < -0.4 is 0 Å². The summed E-state index contributed by atoms with van der Waals surface area (Å²) in [5.74, 6) is -6.92. The molecule has 0 saturated carbocycles. The number of ether oxygens (including phenoxy) is 3. The van der Waals surface area contributed by atoms with Crippen LogP contribution in [0.15, 0.2) is 0 Å². The van der Waals surface area contributed by atoms with E-state index in [1.54, 1.807) is 20.8 Å². The summed E-state index contributed by atoms with van der Waals surface area (Å²) >= 11 is 0. The Bertz CT molecular complexity index is 764. The van der Waals surface area contributed by atoms with Gasteiger partial charge in [-0.3, -0.25) is 19.2 Å². The number of nitrogens with zero attached hydrogens (tertiary/aromatic N) is 2. The molecule has 0 spiro atoms. The van der Waals surface area contributed by atoms with Gasteiger partial charge in [-0.25, -0.2) is 0 Å². The summed E-state index contributed by atoms with van der Waals surface area (Å²) in [6.07, 6.45) is 0.941. The molecule has 0 aliphatic carbocycles. The van der Waals surface area contributed by atoms with Gasteiger partial charge in [0.1, 0.15) is 0 Å². The van der Waals surface area contributed by atoms with E-state index in [2.05, 4.69) is 0 Å². The predicted octanol–water partition coefficient (Wildman–Crippen LogP) is 3.99. The average molecular weight is 511 g/mol. The van der Waals surface area contributed by atoms with Crippen molar-refractivity contribution in [2.24, 2.45) is 41.4 Å². The zero-order valence-corrected chi connectivity index (χ0v) is 22.8. The lowest BCUT2D eigenvalue weighted by atomic mass is 9.79. The SMILES string of the molecule is CCOC(=O)C(C(=O)OCC)C(C#N)CC(C)C.CCOC(=O)C(C(C#N)CC(C)C)C(C)C(=O)O. The first-order valence-corrected chi connectivity index (χ1v) is 12.3. The van der Waals surface area contributed by atoms with Crippen molar-refractivity contribution in [3.05, 3.63) is 0 Å². The Morgan fingerprint density at radius 3 is 1.36 bits per heavy atom. The molecule has 0 radical (unpaired) electrons. The molecule has 10 nitrogen and oxygen atoms in total. The van der Waals surface area contributed by atoms with Gasteiger partial charge in [-0.2, -0.15) is 10.5 Å². The van der Waals surface area contributed by atoms with Crippen LogP contribution in [0, 0.1) is 64.1 Å². The van der Waals surface area contributed by atoms with Gasteiger partial charge in [-0.05, 0) is 45.4 Å². The van der Waals surface area contributed by atoms with Crippen LogP contribution in [0.5, 0.6) is 0 Å². The first-order valence-electron chi connectivity index (χ1n) is 12.3. The molecule has 4 atom stereocenters. The van der Waals surface area contributed by atoms with Crippen LogP contribution >= 0.6 is 0 Å². The van der Waals surface area contributed by atoms with Crippen LogP contribution in [0.3, 0.4) is 0 Å². The smallest absolute Gasteiger partial charge is 0.321 e. The fraction of sp³-hybridized carbons (Fsp3) is 0.769. The number of aliphatic carboxylic acids is 1. The molecular weight excluding hydrogens is 468 g/mol. The molecule has 0 saturated heterocycles. The molecular formula is C26H42N2O8. The first-order chi connectivity index (χ1) is 16.8. The van der Waals surface area contributed by atoms with Crippen molar-refractivity contribution in [3.8, 4) is 12.1 Å². The monoisotopic (exact) mass is 510 g/mol. The molecule has 10 heteroatoms. The number of hydrogen-bond acceptors (Lipinski definition) is 9. The van der Waals surface area contributed by atoms with E-state index in [9.17, 15) is 19.2 Å². The maximum atomic E-state index is 11.8. The highest BCUT2D eigenvalue weighted by atomic mass is 16.6. The van der Waals surface area contributed by atoms with Gasteiger partial charge < -0.3 is 19.3 Å². The highest BCUT2D eigenvalue weighted by molar-refractivity contribution is 5.95. The molecule has 0 aromatic rings. The Kier molecular flexibility index (Phi) is 18.6. The van der Waals surface area contributed by atoms with Gasteiger partial charge in [0.25, 0.3) is 0 Å². The summed E-state index contributed by atoms with van der Waals surface area (Å²) in [5.41, 5.74) is 0. The maximum absolute atomic E-state index is 11.8. The molecule has 0 bridgehead atoms. The van der Waals surface area contributed by atoms with Crippen molar-refractivity contribution < 1.29 is 38.5 Å². The lowest BCUT2D eigenvalue weighted by molar-refractivity contribution is -0.163. The van der Waals surface area contributed by atoms with Crippen molar-refractivity contribution in [2.75, 3.05) is 19.8 Å². The minimum atomic E-state index is -1.14. The molecule has 36 heavy (non-hydrogen) atoms. The molecule has 0 aromatic heterocycles. The van der Waals surface area contributed by atoms with E-state index in [1.807, 2.05) is 39.8 Å². The third kappa shape index (κ3) is 13.1. The summed E-state index contributed by atoms with van der Waals surface area (Å²) in [6, 6.07) is 4.05. The van der Waals surface area contributed by atoms with Crippen LogP contribution in [0.2, 0.25) is 0 Å². The van der Waals surface area contributed by atoms with Crippen LogP contribution in [0.25, 0.3) is 0 Å². The Morgan fingerprint density at radius 1 is 0.694 bits per heavy atom. The largest absolute Gasteiger partial charge is 0.481 e. The first kappa shape index (κ1) is 35.0. The Labute approximate surface area is 214 Å². The number of carboxylic acids is 1. The molecule has 0 fully saturated rings. The zero-order valence-electron chi connectivity index (χ0n) is 22.8. The number of hydrogen-bond donors (Lipinski definition) is 1. The molecule has 1 N–H and O–H groups in total. The summed E-state index contributed by atoms with van der Waals surface area (Å²) in [6.45, 7) is 14.7. The van der Waals surface area contributed by atoms with Crippen LogP contribution in [0.1, 0.15) is 68.2 Å². The number of nitriles is 2. The van der Waals surface area contributed by atoms with Crippen LogP contribution in [0.4, 0.5) is 0 Å². The average Bonchev–Trinajstić information content (AvgIpc) is 2.78. The normalized spacial score (nSPS) is 13.8. The summed E-state index contributed by atoms with van der Waals surface area (Å²) < 4.78 is 14.6. The molecule has 0 rings (SSSR count). The standard InChI is InChI=1S/2C13H21NO4/c1-5-18-13(17)11(9(4)12(15)16)10(7-14)6-8(2)3;1-5-17-12(15)11(13(16)18-6-2)10(8-14)7-9(3)4/h8-11H,5-6H2,1-4H3,(H,15,16);9-11H,5-7H2,1-4H3. The van der Waals surface area contributed by atoms with Crippen molar-refractivity contribution in [2.45, 2.75) is 68.2 Å². The van der Waals surface area contributed by atoms with E-state index < -0.39 is 53.5 Å². The maximum Gasteiger partial charge on any atom is 0.321 e. The van der Waals surface area contributed by atoms with E-state index in [1.165, 1.54) is 6.92 Å². The minimum absolute atomic E-state index is 0.175. The molecule has 0 heterocycles. The van der Waals surface area contributed by atoms with Crippen molar-refractivity contribution >= 4 is 23.9 Å². The molecule has 4 unspecified atom stereocenters. The van der Waals surface area contributed by atoms with E-state index in [0.29, 0.717) is 12.8 Å². The third-order valence-corrected chi connectivity index (χ3v) is 5.19. The molecule has 0 aromatic carbocycles. The lowest BCUT2D eigenvalue weighted by Gasteiger charge is -2.24. The molecule has 204 valence electrons. The molecule has 0 aliphatic rings. The van der Waals surface area contributed by atoms with Gasteiger partial charge in [-0.1, -0.05) is 34.6 Å². The predicted molar refractivity (Wildman–Crippen MR) is 131 cm³/mol. The van der Waals surface area contributed by atoms with Gasteiger partial charge in [-0.15, -0.1) is 0 Å². The molecule has 0 amide bonds. The fourth-order valence-electron chi connectivity index (χ4n) is 3.56. The summed E-state index contributed by atoms with van der Waals surface area (Å²) in [7, 11) is 0. The number of esters is 3. The van der Waals surface area contributed by atoms with E-state index in [-0.39, 0.29) is 31.7 Å². The van der Waals surface area contributed by atoms with Crippen LogP contribution in [-0.2, 0) is 33.4 Å². The highest BCUT2D eigenvalue weighted by Gasteiger charge is 2.39. The van der Waals surface area contributed by atoms with E-state index in [0.717, 1.165) is 0 Å². The summed E-state index contributed by atoms with van der Waals surface area (Å²) in [4.78, 5) is 46.4. The number of rotatable bonds is 14. The number of carbonyl (C=O) groups is 4. The van der Waals surface area contributed by atoms with Gasteiger partial charge in [0.2, 0.25) is 0 Å². The van der Waals surface area contributed by atoms with E-state index in [4.69, 9.17) is 29.8 Å². The zero-order chi connectivity index (χ0) is 28.4. The Balaban J connectivity index is 0. The second-order valence-electron chi connectivity index (χ2n) is 9.12. The highest BCUT2D eigenvalue weighted by Crippen LogP contribution is 2.28. The van der Waals surface area contributed by atoms with Gasteiger partial charge in [0, 0.05) is 0 Å². The topological polar surface area (TPSA) is 164 Å². The van der Waals surface area contributed by atoms with Crippen LogP contribution in [-0.4, -0.2) is 48.8 Å². The van der Waals surface area contributed by atoms with Crippen molar-refractivity contribution in [1.82, 2.24) is 0 Å². The molecule has 0 aliphatic heterocycles. The lowest BCUT2D eigenvalue weighted by Crippen LogP contribution is -2.35. The number of carboxylic acid groups (broad SMARTS) is 1. The quantitative estimate of drug-likeness (QED) is 0.205. The third-order valence-electron chi connectivity index (χ3n) is 5.19. The van der Waals surface area contributed by atoms with Crippen molar-refractivity contribution in [3.63, 3.8) is 0 Å². The van der Waals surface area contributed by atoms with Gasteiger partial charge in [0.15, 0.2) is 5.92 Å². The second kappa shape index (κ2) is 19.1. The van der Waals surface area contributed by atoms with Gasteiger partial charge in [0.05, 0.1) is 55.6 Å². The van der Waals surface area contributed by atoms with Gasteiger partial charge >= 0.3 is 23.9 Å². The Hall–Kier alpha value is -3.14. The number of carbonyl (C=O) groups excluding carboxylic acids is 3. The van der Waals surface area contributed by atoms with E-state index >= 15 is 0 Å².